The normalized spacial score (nSPS) is 14.4. The highest BCUT2D eigenvalue weighted by atomic mass is 15.4. The molecule has 0 spiro atoms. The molecule has 0 radical (unpaired) electrons. The van der Waals surface area contributed by atoms with Crippen molar-refractivity contribution in [2.24, 2.45) is 0 Å². The summed E-state index contributed by atoms with van der Waals surface area (Å²) in [6.07, 6.45) is 5.22. The number of rotatable bonds is 6. The van der Waals surface area contributed by atoms with Gasteiger partial charge in [0.05, 0.1) is 11.9 Å². The van der Waals surface area contributed by atoms with Crippen LogP contribution in [0, 0.1) is 6.92 Å². The first-order chi connectivity index (χ1) is 10.2. The van der Waals surface area contributed by atoms with Crippen molar-refractivity contribution in [2.45, 2.75) is 52.5 Å². The molecule has 21 heavy (non-hydrogen) atoms. The van der Waals surface area contributed by atoms with Gasteiger partial charge < -0.3 is 5.32 Å². The molecule has 2 heterocycles. The standard InChI is InChI=1S/C15H22N6/c1-4-8-21-12(9-17-20-21)13-10(3)14(16-5-2)19-15(18-13)11-6-7-11/h9,11H,4-8H2,1-3H3,(H,16,18,19). The Morgan fingerprint density at radius 3 is 2.76 bits per heavy atom. The fourth-order valence-corrected chi connectivity index (χ4v) is 2.47. The zero-order chi connectivity index (χ0) is 14.8. The third-order valence-corrected chi connectivity index (χ3v) is 3.75. The van der Waals surface area contributed by atoms with Gasteiger partial charge >= 0.3 is 0 Å². The summed E-state index contributed by atoms with van der Waals surface area (Å²) in [6, 6.07) is 0. The van der Waals surface area contributed by atoms with Gasteiger partial charge in [0.1, 0.15) is 17.3 Å². The molecule has 2 aromatic rings. The minimum atomic E-state index is 0.525. The fraction of sp³-hybridized carbons (Fsp3) is 0.600. The van der Waals surface area contributed by atoms with Crippen LogP contribution in [-0.4, -0.2) is 31.5 Å². The topological polar surface area (TPSA) is 68.5 Å². The maximum atomic E-state index is 4.81. The maximum Gasteiger partial charge on any atom is 0.134 e. The van der Waals surface area contributed by atoms with E-state index in [1.54, 1.807) is 6.20 Å². The van der Waals surface area contributed by atoms with Crippen molar-refractivity contribution < 1.29 is 0 Å². The van der Waals surface area contributed by atoms with E-state index in [9.17, 15) is 0 Å². The lowest BCUT2D eigenvalue weighted by molar-refractivity contribution is 0.583. The average Bonchev–Trinajstić information content (AvgIpc) is 3.22. The molecular formula is C15H22N6. The third kappa shape index (κ3) is 2.75. The van der Waals surface area contributed by atoms with Crippen molar-refractivity contribution in [3.8, 4) is 11.4 Å². The lowest BCUT2D eigenvalue weighted by atomic mass is 10.1. The van der Waals surface area contributed by atoms with E-state index in [-0.39, 0.29) is 0 Å². The van der Waals surface area contributed by atoms with Crippen molar-refractivity contribution in [2.75, 3.05) is 11.9 Å². The monoisotopic (exact) mass is 286 g/mol. The summed E-state index contributed by atoms with van der Waals surface area (Å²) in [5.74, 6) is 2.42. The molecule has 1 fully saturated rings. The fourth-order valence-electron chi connectivity index (χ4n) is 2.47. The molecule has 0 bridgehead atoms. The lowest BCUT2D eigenvalue weighted by Gasteiger charge is -2.13. The Morgan fingerprint density at radius 2 is 2.10 bits per heavy atom. The molecule has 6 heteroatoms. The highest BCUT2D eigenvalue weighted by Gasteiger charge is 2.29. The van der Waals surface area contributed by atoms with Crippen LogP contribution in [0.2, 0.25) is 0 Å². The summed E-state index contributed by atoms with van der Waals surface area (Å²) in [4.78, 5) is 9.51. The van der Waals surface area contributed by atoms with Crippen molar-refractivity contribution in [1.82, 2.24) is 25.0 Å². The van der Waals surface area contributed by atoms with Crippen molar-refractivity contribution >= 4 is 5.82 Å². The molecule has 0 unspecified atom stereocenters. The van der Waals surface area contributed by atoms with Gasteiger partial charge in [0.2, 0.25) is 0 Å². The number of hydrogen-bond donors (Lipinski definition) is 1. The largest absolute Gasteiger partial charge is 0.370 e. The summed E-state index contributed by atoms with van der Waals surface area (Å²) < 4.78 is 1.93. The minimum absolute atomic E-state index is 0.525. The van der Waals surface area contributed by atoms with E-state index >= 15 is 0 Å². The van der Waals surface area contributed by atoms with E-state index in [2.05, 4.69) is 36.4 Å². The Labute approximate surface area is 125 Å². The number of nitrogens with zero attached hydrogens (tertiary/aromatic N) is 5. The maximum absolute atomic E-state index is 4.81. The average molecular weight is 286 g/mol. The molecule has 2 aromatic heterocycles. The van der Waals surface area contributed by atoms with E-state index < -0.39 is 0 Å². The Balaban J connectivity index is 2.09. The molecule has 0 saturated heterocycles. The molecule has 0 aliphatic heterocycles. The van der Waals surface area contributed by atoms with Crippen LogP contribution in [0.4, 0.5) is 5.82 Å². The molecule has 112 valence electrons. The Bertz CT molecular complexity index is 629. The molecule has 0 amide bonds. The number of aromatic nitrogens is 5. The Kier molecular flexibility index (Phi) is 3.86. The molecule has 0 aromatic carbocycles. The van der Waals surface area contributed by atoms with Gasteiger partial charge in [-0.1, -0.05) is 12.1 Å². The number of hydrogen-bond acceptors (Lipinski definition) is 5. The number of anilines is 1. The minimum Gasteiger partial charge on any atom is -0.370 e. The lowest BCUT2D eigenvalue weighted by Crippen LogP contribution is -2.10. The molecule has 0 atom stereocenters. The zero-order valence-corrected chi connectivity index (χ0v) is 12.9. The van der Waals surface area contributed by atoms with Crippen LogP contribution < -0.4 is 5.32 Å². The van der Waals surface area contributed by atoms with Gasteiger partial charge in [-0.3, -0.25) is 0 Å². The van der Waals surface area contributed by atoms with Gasteiger partial charge in [0.25, 0.3) is 0 Å². The second-order valence-corrected chi connectivity index (χ2v) is 5.55. The van der Waals surface area contributed by atoms with Crippen molar-refractivity contribution in [3.05, 3.63) is 17.6 Å². The highest BCUT2D eigenvalue weighted by molar-refractivity contribution is 5.65. The predicted molar refractivity (Wildman–Crippen MR) is 82.2 cm³/mol. The van der Waals surface area contributed by atoms with Crippen LogP contribution in [0.25, 0.3) is 11.4 Å². The summed E-state index contributed by atoms with van der Waals surface area (Å²) >= 11 is 0. The van der Waals surface area contributed by atoms with Gasteiger partial charge in [0, 0.05) is 24.6 Å². The summed E-state index contributed by atoms with van der Waals surface area (Å²) in [5.41, 5.74) is 3.01. The molecule has 1 saturated carbocycles. The molecule has 1 N–H and O–H groups in total. The van der Waals surface area contributed by atoms with Crippen LogP contribution in [0.5, 0.6) is 0 Å². The second kappa shape index (κ2) is 5.79. The number of aryl methyl sites for hydroxylation is 1. The van der Waals surface area contributed by atoms with Gasteiger partial charge in [0.15, 0.2) is 0 Å². The van der Waals surface area contributed by atoms with Crippen LogP contribution in [0.1, 0.15) is 50.4 Å². The van der Waals surface area contributed by atoms with Crippen LogP contribution >= 0.6 is 0 Å². The van der Waals surface area contributed by atoms with E-state index in [0.29, 0.717) is 5.92 Å². The van der Waals surface area contributed by atoms with Crippen LogP contribution in [0.15, 0.2) is 6.20 Å². The molecule has 1 aliphatic rings. The van der Waals surface area contributed by atoms with Crippen molar-refractivity contribution in [3.63, 3.8) is 0 Å². The molecule has 1 aliphatic carbocycles. The zero-order valence-electron chi connectivity index (χ0n) is 12.9. The third-order valence-electron chi connectivity index (χ3n) is 3.75. The van der Waals surface area contributed by atoms with Gasteiger partial charge in [-0.2, -0.15) is 0 Å². The van der Waals surface area contributed by atoms with E-state index in [1.807, 2.05) is 4.68 Å². The van der Waals surface area contributed by atoms with E-state index in [0.717, 1.165) is 48.1 Å². The molecular weight excluding hydrogens is 264 g/mol. The summed E-state index contributed by atoms with van der Waals surface area (Å²) in [6.45, 7) is 7.99. The SMILES string of the molecule is CCCn1nncc1-c1nc(C2CC2)nc(NCC)c1C. The van der Waals surface area contributed by atoms with E-state index in [1.165, 1.54) is 12.8 Å². The predicted octanol–water partition coefficient (Wildman–Crippen LogP) is 2.76. The van der Waals surface area contributed by atoms with Gasteiger partial charge in [-0.15, -0.1) is 5.10 Å². The van der Waals surface area contributed by atoms with Gasteiger partial charge in [-0.25, -0.2) is 14.6 Å². The van der Waals surface area contributed by atoms with Crippen molar-refractivity contribution in [1.29, 1.82) is 0 Å². The molecule has 3 rings (SSSR count). The quantitative estimate of drug-likeness (QED) is 0.884. The van der Waals surface area contributed by atoms with Gasteiger partial charge in [-0.05, 0) is 33.1 Å². The summed E-state index contributed by atoms with van der Waals surface area (Å²) in [7, 11) is 0. The Hall–Kier alpha value is -1.98. The smallest absolute Gasteiger partial charge is 0.134 e. The first kappa shape index (κ1) is 14.0. The highest BCUT2D eigenvalue weighted by Crippen LogP contribution is 2.40. The first-order valence-corrected chi connectivity index (χ1v) is 7.75. The first-order valence-electron chi connectivity index (χ1n) is 7.75. The number of nitrogens with one attached hydrogen (secondary N) is 1. The Morgan fingerprint density at radius 1 is 1.29 bits per heavy atom. The van der Waals surface area contributed by atoms with Crippen LogP contribution in [-0.2, 0) is 6.54 Å². The second-order valence-electron chi connectivity index (χ2n) is 5.55. The summed E-state index contributed by atoms with van der Waals surface area (Å²) in [5, 5.41) is 11.6. The van der Waals surface area contributed by atoms with E-state index in [4.69, 9.17) is 9.97 Å². The molecule has 6 nitrogen and oxygen atoms in total. The van der Waals surface area contributed by atoms with Crippen LogP contribution in [0.3, 0.4) is 0 Å².